The van der Waals surface area contributed by atoms with E-state index in [1.165, 1.54) is 6.08 Å². The number of ether oxygens (including phenoxy) is 2. The number of imide groups is 1. The quantitative estimate of drug-likeness (QED) is 0.251. The predicted octanol–water partition coefficient (Wildman–Crippen LogP) is 3.83. The van der Waals surface area contributed by atoms with Gasteiger partial charge in [0.15, 0.2) is 0 Å². The van der Waals surface area contributed by atoms with E-state index in [4.69, 9.17) is 20.3 Å². The Balaban J connectivity index is 1.68. The Labute approximate surface area is 208 Å². The van der Waals surface area contributed by atoms with E-state index in [0.717, 1.165) is 0 Å². The summed E-state index contributed by atoms with van der Waals surface area (Å²) in [5.74, 6) is -0.462. The number of carbonyl (C=O) groups is 3. The zero-order valence-electron chi connectivity index (χ0n) is 19.4. The zero-order valence-corrected chi connectivity index (χ0v) is 19.4. The summed E-state index contributed by atoms with van der Waals surface area (Å²) >= 11 is 0. The van der Waals surface area contributed by atoms with Crippen LogP contribution in [0.5, 0.6) is 5.75 Å². The maximum absolute atomic E-state index is 12.5. The number of anilines is 2. The summed E-state index contributed by atoms with van der Waals surface area (Å²) in [5.41, 5.74) is 7.69. The van der Waals surface area contributed by atoms with Gasteiger partial charge in [0.05, 0.1) is 18.0 Å². The van der Waals surface area contributed by atoms with Crippen LogP contribution in [-0.4, -0.2) is 36.2 Å². The molecule has 9 nitrogen and oxygen atoms in total. The molecule has 0 aromatic heterocycles. The highest BCUT2D eigenvalue weighted by atomic mass is 16.6. The molecule has 0 aliphatic carbocycles. The molecule has 0 saturated carbocycles. The molecule has 3 amide bonds. The van der Waals surface area contributed by atoms with Crippen molar-refractivity contribution in [1.29, 1.82) is 0 Å². The second-order valence-corrected chi connectivity index (χ2v) is 7.57. The van der Waals surface area contributed by atoms with Crippen LogP contribution in [0, 0.1) is 0 Å². The van der Waals surface area contributed by atoms with Gasteiger partial charge in [0, 0.05) is 12.0 Å². The molecule has 5 N–H and O–H groups in total. The van der Waals surface area contributed by atoms with Gasteiger partial charge < -0.3 is 25.6 Å². The van der Waals surface area contributed by atoms with Gasteiger partial charge in [-0.3, -0.25) is 14.9 Å². The lowest BCUT2D eigenvalue weighted by molar-refractivity contribution is -0.111. The number of hydrogen-bond donors (Lipinski definition) is 4. The Morgan fingerprint density at radius 2 is 1.64 bits per heavy atom. The first-order valence-electron chi connectivity index (χ1n) is 11.2. The average Bonchev–Trinajstić information content (AvgIpc) is 2.89. The number of nitrogens with two attached hydrogens (primary N) is 1. The van der Waals surface area contributed by atoms with Gasteiger partial charge in [0.1, 0.15) is 18.5 Å². The fourth-order valence-electron chi connectivity index (χ4n) is 3.19. The van der Waals surface area contributed by atoms with Crippen molar-refractivity contribution in [3.8, 4) is 5.75 Å². The van der Waals surface area contributed by atoms with Crippen LogP contribution in [0.25, 0.3) is 0 Å². The van der Waals surface area contributed by atoms with Crippen LogP contribution in [0.2, 0.25) is 0 Å². The Morgan fingerprint density at radius 3 is 2.33 bits per heavy atom. The van der Waals surface area contributed by atoms with Gasteiger partial charge >= 0.3 is 6.09 Å². The van der Waals surface area contributed by atoms with Gasteiger partial charge in [-0.05, 0) is 48.0 Å². The summed E-state index contributed by atoms with van der Waals surface area (Å²) in [7, 11) is 0. The lowest BCUT2D eigenvalue weighted by Crippen LogP contribution is -2.32. The Bertz CT molecular complexity index is 1200. The van der Waals surface area contributed by atoms with Gasteiger partial charge in [-0.1, -0.05) is 48.5 Å². The van der Waals surface area contributed by atoms with E-state index in [-0.39, 0.29) is 19.6 Å². The van der Waals surface area contributed by atoms with E-state index in [2.05, 4.69) is 10.6 Å². The van der Waals surface area contributed by atoms with Crippen molar-refractivity contribution in [2.24, 2.45) is 0 Å². The molecule has 3 rings (SSSR count). The second kappa shape index (κ2) is 13.3. The molecule has 0 aliphatic rings. The number of rotatable bonds is 10. The summed E-state index contributed by atoms with van der Waals surface area (Å²) in [6, 6.07) is 21.9. The highest BCUT2D eigenvalue weighted by Gasteiger charge is 2.18. The first kappa shape index (κ1) is 26.0. The maximum atomic E-state index is 12.5. The molecule has 0 heterocycles. The number of carbonyl (C=O) groups excluding carboxylic acids is 3. The average molecular weight is 490 g/mol. The molecule has 186 valence electrons. The molecule has 9 heteroatoms. The van der Waals surface area contributed by atoms with E-state index in [0.29, 0.717) is 28.3 Å². The van der Waals surface area contributed by atoms with E-state index in [1.807, 2.05) is 0 Å². The monoisotopic (exact) mass is 489 g/mol. The molecular weight excluding hydrogens is 462 g/mol. The Kier molecular flexibility index (Phi) is 9.60. The SMILES string of the molecule is Nc1ccccc1NC(=O)/C=C/C[C@H](OC(=O)NC(=O)c1ccccc1)c1ccc(OCCO)cc1. The fraction of sp³-hybridized carbons (Fsp3) is 0.148. The predicted molar refractivity (Wildman–Crippen MR) is 135 cm³/mol. The molecule has 0 unspecified atom stereocenters. The molecule has 0 fully saturated rings. The number of aliphatic hydroxyl groups excluding tert-OH is 1. The molecule has 1 atom stereocenters. The Morgan fingerprint density at radius 1 is 0.944 bits per heavy atom. The van der Waals surface area contributed by atoms with E-state index >= 15 is 0 Å². The number of amides is 3. The summed E-state index contributed by atoms with van der Waals surface area (Å²) in [4.78, 5) is 37.1. The summed E-state index contributed by atoms with van der Waals surface area (Å²) in [6.07, 6.45) is 1.30. The number of hydrogen-bond acceptors (Lipinski definition) is 7. The van der Waals surface area contributed by atoms with Crippen molar-refractivity contribution >= 4 is 29.3 Å². The molecule has 36 heavy (non-hydrogen) atoms. The molecule has 0 bridgehead atoms. The van der Waals surface area contributed by atoms with Gasteiger partial charge in [0.2, 0.25) is 5.91 Å². The van der Waals surface area contributed by atoms with Crippen molar-refractivity contribution in [2.45, 2.75) is 12.5 Å². The molecule has 0 saturated heterocycles. The number of alkyl carbamates (subject to hydrolysis) is 1. The molecular formula is C27H27N3O6. The summed E-state index contributed by atoms with van der Waals surface area (Å²) in [5, 5.41) is 13.8. The highest BCUT2D eigenvalue weighted by Crippen LogP contribution is 2.25. The standard InChI is InChI=1S/C27H27N3O6/c28-22-9-4-5-10-23(22)29-25(32)12-6-11-24(19-13-15-21(16-14-19)35-18-17-31)36-27(34)30-26(33)20-7-2-1-3-8-20/h1-10,12-16,24,31H,11,17-18,28H2,(H,29,32)(H,30,33,34)/b12-6+/t24-/m0/s1. The van der Waals surface area contributed by atoms with Crippen molar-refractivity contribution in [2.75, 3.05) is 24.3 Å². The third kappa shape index (κ3) is 8.00. The lowest BCUT2D eigenvalue weighted by atomic mass is 10.1. The minimum Gasteiger partial charge on any atom is -0.491 e. The third-order valence-corrected chi connectivity index (χ3v) is 4.95. The van der Waals surface area contributed by atoms with Gasteiger partial charge in [0.25, 0.3) is 5.91 Å². The molecule has 0 aliphatic heterocycles. The van der Waals surface area contributed by atoms with Crippen LogP contribution < -0.4 is 21.1 Å². The first-order valence-corrected chi connectivity index (χ1v) is 11.2. The van der Waals surface area contributed by atoms with E-state index < -0.39 is 24.0 Å². The molecule has 3 aromatic carbocycles. The fourth-order valence-corrected chi connectivity index (χ4v) is 3.19. The maximum Gasteiger partial charge on any atom is 0.414 e. The summed E-state index contributed by atoms with van der Waals surface area (Å²) < 4.78 is 10.9. The first-order chi connectivity index (χ1) is 17.5. The van der Waals surface area contributed by atoms with Gasteiger partial charge in [-0.15, -0.1) is 0 Å². The third-order valence-electron chi connectivity index (χ3n) is 4.95. The lowest BCUT2D eigenvalue weighted by Gasteiger charge is -2.17. The molecule has 0 spiro atoms. The van der Waals surface area contributed by atoms with Gasteiger partial charge in [-0.25, -0.2) is 4.79 Å². The minimum atomic E-state index is -0.927. The minimum absolute atomic E-state index is 0.120. The smallest absolute Gasteiger partial charge is 0.414 e. The number of benzene rings is 3. The molecule has 3 aromatic rings. The van der Waals surface area contributed by atoms with Crippen LogP contribution in [-0.2, 0) is 9.53 Å². The zero-order chi connectivity index (χ0) is 25.8. The topological polar surface area (TPSA) is 140 Å². The Hall–Kier alpha value is -4.63. The normalized spacial score (nSPS) is 11.5. The number of para-hydroxylation sites is 2. The number of aliphatic hydroxyl groups is 1. The van der Waals surface area contributed by atoms with Crippen LogP contribution in [0.4, 0.5) is 16.2 Å². The van der Waals surface area contributed by atoms with Crippen molar-refractivity contribution in [3.05, 3.63) is 102 Å². The van der Waals surface area contributed by atoms with Crippen LogP contribution in [0.1, 0.15) is 28.4 Å². The van der Waals surface area contributed by atoms with Crippen molar-refractivity contribution in [1.82, 2.24) is 5.32 Å². The van der Waals surface area contributed by atoms with E-state index in [9.17, 15) is 14.4 Å². The van der Waals surface area contributed by atoms with Crippen LogP contribution >= 0.6 is 0 Å². The number of nitrogen functional groups attached to an aromatic ring is 1. The van der Waals surface area contributed by atoms with Crippen molar-refractivity contribution < 1.29 is 29.0 Å². The van der Waals surface area contributed by atoms with Crippen molar-refractivity contribution in [3.63, 3.8) is 0 Å². The number of nitrogens with one attached hydrogen (secondary N) is 2. The molecule has 0 radical (unpaired) electrons. The van der Waals surface area contributed by atoms with Crippen LogP contribution in [0.3, 0.4) is 0 Å². The van der Waals surface area contributed by atoms with E-state index in [1.54, 1.807) is 84.9 Å². The summed E-state index contributed by atoms with van der Waals surface area (Å²) in [6.45, 7) is 0.0254. The largest absolute Gasteiger partial charge is 0.491 e. The van der Waals surface area contributed by atoms with Crippen LogP contribution in [0.15, 0.2) is 91.0 Å². The highest BCUT2D eigenvalue weighted by molar-refractivity contribution is 6.03. The van der Waals surface area contributed by atoms with Gasteiger partial charge in [-0.2, -0.15) is 0 Å². The second-order valence-electron chi connectivity index (χ2n) is 7.57.